The predicted octanol–water partition coefficient (Wildman–Crippen LogP) is 3.87. The Morgan fingerprint density at radius 1 is 1.08 bits per heavy atom. The Labute approximate surface area is 139 Å². The van der Waals surface area contributed by atoms with E-state index in [1.165, 1.54) is 0 Å². The first-order valence-electron chi connectivity index (χ1n) is 7.49. The number of halogens is 3. The van der Waals surface area contributed by atoms with Gasteiger partial charge in [-0.15, -0.1) is 0 Å². The maximum absolute atomic E-state index is 13.6. The third kappa shape index (κ3) is 4.14. The summed E-state index contributed by atoms with van der Waals surface area (Å²) < 4.78 is 39.8. The van der Waals surface area contributed by atoms with Crippen LogP contribution in [0, 0.1) is 24.4 Å². The molecule has 24 heavy (non-hydrogen) atoms. The molecular weight excluding hydrogens is 317 g/mol. The fraction of sp³-hybridized carbons (Fsp3) is 0.278. The normalized spacial score (nSPS) is 12.3. The van der Waals surface area contributed by atoms with Crippen LogP contribution in [0.1, 0.15) is 18.1 Å². The Hall–Kier alpha value is -2.34. The number of aryl methyl sites for hydroxylation is 1. The van der Waals surface area contributed by atoms with E-state index in [-0.39, 0.29) is 5.69 Å². The van der Waals surface area contributed by atoms with Gasteiger partial charge in [-0.1, -0.05) is 29.8 Å². The highest BCUT2D eigenvalue weighted by Crippen LogP contribution is 2.20. The number of likely N-dealkylation sites (N-methyl/N-ethyl adjacent to an activating group) is 1. The summed E-state index contributed by atoms with van der Waals surface area (Å²) in [6.07, 6.45) is 0. The zero-order valence-electron chi connectivity index (χ0n) is 13.7. The highest BCUT2D eigenvalue weighted by atomic mass is 19.2. The lowest BCUT2D eigenvalue weighted by Gasteiger charge is -2.24. The first kappa shape index (κ1) is 18.0. The Balaban J connectivity index is 2.03. The number of rotatable bonds is 5. The van der Waals surface area contributed by atoms with Crippen molar-refractivity contribution in [2.75, 3.05) is 12.4 Å². The fourth-order valence-corrected chi connectivity index (χ4v) is 2.18. The summed E-state index contributed by atoms with van der Waals surface area (Å²) in [5, 5.41) is 2.29. The number of hydrogen-bond acceptors (Lipinski definition) is 2. The summed E-state index contributed by atoms with van der Waals surface area (Å²) in [5.74, 6) is -4.81. The third-order valence-corrected chi connectivity index (χ3v) is 3.89. The van der Waals surface area contributed by atoms with Crippen molar-refractivity contribution in [2.24, 2.45) is 0 Å². The summed E-state index contributed by atoms with van der Waals surface area (Å²) in [5.41, 5.74) is 1.79. The van der Waals surface area contributed by atoms with Gasteiger partial charge in [0, 0.05) is 6.54 Å². The van der Waals surface area contributed by atoms with Gasteiger partial charge in [-0.05, 0) is 38.6 Å². The van der Waals surface area contributed by atoms with Crippen LogP contribution < -0.4 is 5.32 Å². The van der Waals surface area contributed by atoms with E-state index in [0.29, 0.717) is 6.54 Å². The smallest absolute Gasteiger partial charge is 0.241 e. The van der Waals surface area contributed by atoms with Crippen molar-refractivity contribution in [2.45, 2.75) is 26.4 Å². The SMILES string of the molecule is Cc1ccc(CN(C)C(C)C(=O)Nc2ccc(F)c(F)c2F)cc1. The van der Waals surface area contributed by atoms with Crippen molar-refractivity contribution < 1.29 is 18.0 Å². The zero-order valence-corrected chi connectivity index (χ0v) is 13.7. The molecule has 1 N–H and O–H groups in total. The molecule has 2 aromatic carbocycles. The average molecular weight is 336 g/mol. The summed E-state index contributed by atoms with van der Waals surface area (Å²) in [7, 11) is 1.76. The van der Waals surface area contributed by atoms with Crippen molar-refractivity contribution in [3.63, 3.8) is 0 Å². The van der Waals surface area contributed by atoms with Crippen LogP contribution in [0.2, 0.25) is 0 Å². The van der Waals surface area contributed by atoms with E-state index in [2.05, 4.69) is 5.32 Å². The van der Waals surface area contributed by atoms with E-state index in [0.717, 1.165) is 23.3 Å². The summed E-state index contributed by atoms with van der Waals surface area (Å²) >= 11 is 0. The lowest BCUT2D eigenvalue weighted by Crippen LogP contribution is -2.39. The molecule has 2 rings (SSSR count). The van der Waals surface area contributed by atoms with Crippen molar-refractivity contribution in [3.8, 4) is 0 Å². The van der Waals surface area contributed by atoms with E-state index in [9.17, 15) is 18.0 Å². The van der Waals surface area contributed by atoms with Gasteiger partial charge < -0.3 is 5.32 Å². The molecule has 0 saturated heterocycles. The second-order valence-electron chi connectivity index (χ2n) is 5.79. The van der Waals surface area contributed by atoms with Crippen LogP contribution in [-0.4, -0.2) is 23.9 Å². The molecule has 0 radical (unpaired) electrons. The first-order chi connectivity index (χ1) is 11.3. The Bertz CT molecular complexity index is 732. The first-order valence-corrected chi connectivity index (χ1v) is 7.49. The molecule has 0 fully saturated rings. The maximum atomic E-state index is 13.6. The van der Waals surface area contributed by atoms with E-state index >= 15 is 0 Å². The van der Waals surface area contributed by atoms with Gasteiger partial charge in [0.1, 0.15) is 0 Å². The molecule has 0 aliphatic carbocycles. The molecule has 0 spiro atoms. The van der Waals surface area contributed by atoms with E-state index < -0.39 is 29.4 Å². The second kappa shape index (κ2) is 7.49. The zero-order chi connectivity index (χ0) is 17.9. The number of hydrogen-bond donors (Lipinski definition) is 1. The largest absolute Gasteiger partial charge is 0.322 e. The van der Waals surface area contributed by atoms with Crippen LogP contribution in [0.3, 0.4) is 0 Å². The molecule has 3 nitrogen and oxygen atoms in total. The minimum atomic E-state index is -1.60. The lowest BCUT2D eigenvalue weighted by atomic mass is 10.1. The molecule has 0 bridgehead atoms. The number of benzene rings is 2. The highest BCUT2D eigenvalue weighted by Gasteiger charge is 2.21. The van der Waals surface area contributed by atoms with Crippen molar-refractivity contribution >= 4 is 11.6 Å². The molecule has 128 valence electrons. The molecule has 0 aromatic heterocycles. The number of amides is 1. The van der Waals surface area contributed by atoms with Gasteiger partial charge in [0.25, 0.3) is 0 Å². The summed E-state index contributed by atoms with van der Waals surface area (Å²) in [6.45, 7) is 4.16. The van der Waals surface area contributed by atoms with E-state index in [1.54, 1.807) is 18.9 Å². The van der Waals surface area contributed by atoms with Gasteiger partial charge in [-0.3, -0.25) is 9.69 Å². The number of nitrogens with zero attached hydrogens (tertiary/aromatic N) is 1. The molecule has 2 aromatic rings. The Morgan fingerprint density at radius 3 is 2.33 bits per heavy atom. The van der Waals surface area contributed by atoms with E-state index in [4.69, 9.17) is 0 Å². The van der Waals surface area contributed by atoms with Gasteiger partial charge in [0.2, 0.25) is 5.91 Å². The molecule has 0 aliphatic heterocycles. The van der Waals surface area contributed by atoms with Crippen molar-refractivity contribution in [1.82, 2.24) is 4.90 Å². The quantitative estimate of drug-likeness (QED) is 0.841. The van der Waals surface area contributed by atoms with Gasteiger partial charge in [-0.25, -0.2) is 13.2 Å². The van der Waals surface area contributed by atoms with Crippen molar-refractivity contribution in [1.29, 1.82) is 0 Å². The lowest BCUT2D eigenvalue weighted by molar-refractivity contribution is -0.120. The van der Waals surface area contributed by atoms with Crippen molar-refractivity contribution in [3.05, 3.63) is 65.0 Å². The molecule has 1 amide bonds. The van der Waals surface area contributed by atoms with Crippen LogP contribution in [0.4, 0.5) is 18.9 Å². The highest BCUT2D eigenvalue weighted by molar-refractivity contribution is 5.94. The van der Waals surface area contributed by atoms with Gasteiger partial charge >= 0.3 is 0 Å². The Morgan fingerprint density at radius 2 is 1.71 bits per heavy atom. The fourth-order valence-electron chi connectivity index (χ4n) is 2.18. The Kier molecular flexibility index (Phi) is 5.62. The van der Waals surface area contributed by atoms with E-state index in [1.807, 2.05) is 31.2 Å². The molecule has 0 saturated carbocycles. The predicted molar refractivity (Wildman–Crippen MR) is 87.1 cm³/mol. The average Bonchev–Trinajstić information content (AvgIpc) is 2.56. The molecule has 1 atom stereocenters. The molecular formula is C18H19F3N2O. The molecule has 6 heteroatoms. The number of carbonyl (C=O) groups excluding carboxylic acids is 1. The van der Waals surface area contributed by atoms with Gasteiger partial charge in [0.15, 0.2) is 17.5 Å². The molecule has 0 heterocycles. The number of anilines is 1. The summed E-state index contributed by atoms with van der Waals surface area (Å²) in [6, 6.07) is 9.07. The third-order valence-electron chi connectivity index (χ3n) is 3.89. The van der Waals surface area contributed by atoms with Gasteiger partial charge in [0.05, 0.1) is 11.7 Å². The van der Waals surface area contributed by atoms with Gasteiger partial charge in [-0.2, -0.15) is 0 Å². The maximum Gasteiger partial charge on any atom is 0.241 e. The van der Waals surface area contributed by atoms with Crippen LogP contribution >= 0.6 is 0 Å². The molecule has 1 unspecified atom stereocenters. The standard InChI is InChI=1S/C18H19F3N2O/c1-11-4-6-13(7-5-11)10-23(3)12(2)18(24)22-15-9-8-14(19)16(20)17(15)21/h4-9,12H,10H2,1-3H3,(H,22,24). The van der Waals surface area contributed by atoms with Crippen LogP contribution in [0.15, 0.2) is 36.4 Å². The molecule has 0 aliphatic rings. The second-order valence-corrected chi connectivity index (χ2v) is 5.79. The van der Waals surface area contributed by atoms with Crippen LogP contribution in [0.5, 0.6) is 0 Å². The number of carbonyl (C=O) groups is 1. The minimum Gasteiger partial charge on any atom is -0.322 e. The van der Waals surface area contributed by atoms with Crippen LogP contribution in [0.25, 0.3) is 0 Å². The summed E-state index contributed by atoms with van der Waals surface area (Å²) in [4.78, 5) is 14.0. The van der Waals surface area contributed by atoms with Crippen LogP contribution in [-0.2, 0) is 11.3 Å². The monoisotopic (exact) mass is 336 g/mol. The number of nitrogens with one attached hydrogen (secondary N) is 1. The topological polar surface area (TPSA) is 32.3 Å². The minimum absolute atomic E-state index is 0.380.